The largest absolute Gasteiger partial charge is 0.481 e. The number of anilines is 1. The van der Waals surface area contributed by atoms with E-state index in [0.29, 0.717) is 18.0 Å². The summed E-state index contributed by atoms with van der Waals surface area (Å²) in [4.78, 5) is 12.2. The smallest absolute Gasteiger partial charge is 0.260 e. The van der Waals surface area contributed by atoms with E-state index in [1.807, 2.05) is 12.1 Å². The minimum Gasteiger partial charge on any atom is -0.481 e. The number of carbonyl (C=O) groups excluding carboxylic acids is 1. The first-order valence-corrected chi connectivity index (χ1v) is 12.3. The molecule has 29 heavy (non-hydrogen) atoms. The van der Waals surface area contributed by atoms with Gasteiger partial charge >= 0.3 is 0 Å². The molecule has 0 aliphatic carbocycles. The molecule has 1 N–H and O–H groups in total. The van der Waals surface area contributed by atoms with Gasteiger partial charge in [0, 0.05) is 25.1 Å². The summed E-state index contributed by atoms with van der Waals surface area (Å²) in [6, 6.07) is 14.9. The summed E-state index contributed by atoms with van der Waals surface area (Å²) in [5.41, 5.74) is 3.12. The molecule has 0 unspecified atom stereocenters. The highest BCUT2D eigenvalue weighted by molar-refractivity contribution is 7.98. The number of nitrogens with zero attached hydrogens (tertiary/aromatic N) is 1. The Morgan fingerprint density at radius 2 is 1.83 bits per heavy atom. The van der Waals surface area contributed by atoms with Gasteiger partial charge in [0.05, 0.1) is 11.9 Å². The van der Waals surface area contributed by atoms with Gasteiger partial charge in [-0.3, -0.25) is 9.10 Å². The van der Waals surface area contributed by atoms with Crippen molar-refractivity contribution in [3.63, 3.8) is 0 Å². The summed E-state index contributed by atoms with van der Waals surface area (Å²) < 4.78 is 30.0. The Morgan fingerprint density at radius 3 is 2.45 bits per heavy atom. The van der Waals surface area contributed by atoms with Crippen LogP contribution >= 0.6 is 11.8 Å². The fourth-order valence-electron chi connectivity index (χ4n) is 2.53. The highest BCUT2D eigenvalue weighted by atomic mass is 32.2. The first kappa shape index (κ1) is 23.1. The summed E-state index contributed by atoms with van der Waals surface area (Å²) in [5, 5.41) is 2.88. The number of hydrogen-bond acceptors (Lipinski definition) is 5. The van der Waals surface area contributed by atoms with Crippen molar-refractivity contribution in [1.29, 1.82) is 0 Å². The predicted octanol–water partition coefficient (Wildman–Crippen LogP) is 3.21. The van der Waals surface area contributed by atoms with E-state index in [1.165, 1.54) is 22.5 Å². The zero-order chi connectivity index (χ0) is 21.4. The third-order valence-corrected chi connectivity index (χ3v) is 6.66. The zero-order valence-corrected chi connectivity index (χ0v) is 18.8. The third-order valence-electron chi connectivity index (χ3n) is 4.44. The third kappa shape index (κ3) is 7.29. The Morgan fingerprint density at radius 1 is 1.17 bits per heavy atom. The Bertz CT molecular complexity index is 915. The lowest BCUT2D eigenvalue weighted by atomic mass is 10.1. The second kappa shape index (κ2) is 10.5. The highest BCUT2D eigenvalue weighted by Gasteiger charge is 2.15. The normalized spacial score (nSPS) is 12.3. The lowest BCUT2D eigenvalue weighted by Gasteiger charge is -2.18. The average molecular weight is 437 g/mol. The maximum atomic E-state index is 12.2. The first-order valence-electron chi connectivity index (χ1n) is 9.29. The van der Waals surface area contributed by atoms with Crippen LogP contribution in [0.4, 0.5) is 5.69 Å². The highest BCUT2D eigenvalue weighted by Crippen LogP contribution is 2.21. The summed E-state index contributed by atoms with van der Waals surface area (Å²) >= 11 is 1.78. The summed E-state index contributed by atoms with van der Waals surface area (Å²) in [6.45, 7) is 4.36. The molecule has 0 aliphatic heterocycles. The van der Waals surface area contributed by atoms with Crippen LogP contribution in [0.5, 0.6) is 5.75 Å². The van der Waals surface area contributed by atoms with Crippen molar-refractivity contribution in [2.24, 2.45) is 0 Å². The van der Waals surface area contributed by atoms with E-state index in [9.17, 15) is 13.2 Å². The van der Waals surface area contributed by atoms with Gasteiger partial charge in [-0.1, -0.05) is 24.3 Å². The van der Waals surface area contributed by atoms with Crippen LogP contribution in [0, 0.1) is 6.92 Å². The van der Waals surface area contributed by atoms with Crippen molar-refractivity contribution in [2.75, 3.05) is 29.9 Å². The maximum Gasteiger partial charge on any atom is 0.260 e. The molecule has 0 radical (unpaired) electrons. The zero-order valence-electron chi connectivity index (χ0n) is 17.2. The van der Waals surface area contributed by atoms with Crippen LogP contribution in [0.2, 0.25) is 0 Å². The molecule has 158 valence electrons. The Hall–Kier alpha value is -2.19. The van der Waals surface area contributed by atoms with Crippen LogP contribution in [0.1, 0.15) is 18.1 Å². The van der Waals surface area contributed by atoms with Crippen LogP contribution in [0.15, 0.2) is 48.5 Å². The maximum absolute atomic E-state index is 12.2. The van der Waals surface area contributed by atoms with Crippen molar-refractivity contribution >= 4 is 33.4 Å². The van der Waals surface area contributed by atoms with Crippen LogP contribution in [0.3, 0.4) is 0 Å². The van der Waals surface area contributed by atoms with Crippen molar-refractivity contribution in [3.8, 4) is 5.75 Å². The van der Waals surface area contributed by atoms with Gasteiger partial charge in [-0.2, -0.15) is 11.8 Å². The number of sulfonamides is 1. The van der Waals surface area contributed by atoms with E-state index in [0.717, 1.165) is 17.8 Å². The molecule has 1 amide bonds. The second-order valence-electron chi connectivity index (χ2n) is 6.75. The molecule has 0 heterocycles. The standard InChI is InChI=1S/C21H28N2O4S2/c1-16-7-5-6-8-18(16)15-28-14-13-22-21(24)17(2)27-20-11-9-19(10-12-20)23(3)29(4,25)26/h5-12,17H,13-15H2,1-4H3,(H,22,24)/t17-/m0/s1. The van der Waals surface area contributed by atoms with Gasteiger partial charge in [-0.25, -0.2) is 8.42 Å². The lowest BCUT2D eigenvalue weighted by molar-refractivity contribution is -0.127. The quantitative estimate of drug-likeness (QED) is 0.579. The van der Waals surface area contributed by atoms with Gasteiger partial charge in [0.2, 0.25) is 10.0 Å². The van der Waals surface area contributed by atoms with Crippen molar-refractivity contribution < 1.29 is 17.9 Å². The molecule has 0 saturated carbocycles. The summed E-state index contributed by atoms with van der Waals surface area (Å²) in [5.74, 6) is 2.06. The molecule has 0 saturated heterocycles. The van der Waals surface area contributed by atoms with E-state index in [2.05, 4.69) is 24.4 Å². The van der Waals surface area contributed by atoms with Crippen molar-refractivity contribution in [2.45, 2.75) is 25.7 Å². The molecular weight excluding hydrogens is 408 g/mol. The summed E-state index contributed by atoms with van der Waals surface area (Å²) in [7, 11) is -1.83. The molecular formula is C21H28N2O4S2. The number of thioether (sulfide) groups is 1. The minimum absolute atomic E-state index is 0.182. The van der Waals surface area contributed by atoms with E-state index in [-0.39, 0.29) is 5.91 Å². The molecule has 1 atom stereocenters. The van der Waals surface area contributed by atoms with Crippen LogP contribution in [-0.2, 0) is 20.6 Å². The molecule has 2 rings (SSSR count). The lowest BCUT2D eigenvalue weighted by Crippen LogP contribution is -2.37. The Balaban J connectivity index is 1.74. The summed E-state index contributed by atoms with van der Waals surface area (Å²) in [6.07, 6.45) is 0.498. The van der Waals surface area contributed by atoms with Gasteiger partial charge in [-0.05, 0) is 49.2 Å². The van der Waals surface area contributed by atoms with Crippen molar-refractivity contribution in [3.05, 3.63) is 59.7 Å². The Kier molecular flexibility index (Phi) is 8.40. The number of benzene rings is 2. The number of aryl methyl sites for hydroxylation is 1. The number of rotatable bonds is 10. The SMILES string of the molecule is Cc1ccccc1CSCCNC(=O)[C@H](C)Oc1ccc(N(C)S(C)(=O)=O)cc1. The number of ether oxygens (including phenoxy) is 1. The van der Waals surface area contributed by atoms with E-state index in [4.69, 9.17) is 4.74 Å². The molecule has 6 nitrogen and oxygen atoms in total. The van der Waals surface area contributed by atoms with Gasteiger partial charge in [0.25, 0.3) is 5.91 Å². The number of amides is 1. The molecule has 0 fully saturated rings. The molecule has 2 aromatic rings. The first-order chi connectivity index (χ1) is 13.7. The molecule has 8 heteroatoms. The molecule has 0 bridgehead atoms. The fourth-order valence-corrected chi connectivity index (χ4v) is 3.97. The molecule has 0 spiro atoms. The Labute approximate surface area is 177 Å². The van der Waals surface area contributed by atoms with Gasteiger partial charge in [-0.15, -0.1) is 0 Å². The number of hydrogen-bond donors (Lipinski definition) is 1. The monoisotopic (exact) mass is 436 g/mol. The topological polar surface area (TPSA) is 75.7 Å². The number of carbonyl (C=O) groups is 1. The van der Waals surface area contributed by atoms with Gasteiger partial charge in [0.1, 0.15) is 5.75 Å². The van der Waals surface area contributed by atoms with E-state index in [1.54, 1.807) is 43.0 Å². The van der Waals surface area contributed by atoms with E-state index >= 15 is 0 Å². The fraction of sp³-hybridized carbons (Fsp3) is 0.381. The minimum atomic E-state index is -3.31. The molecule has 0 aromatic heterocycles. The second-order valence-corrected chi connectivity index (χ2v) is 9.87. The van der Waals surface area contributed by atoms with Crippen LogP contribution in [0.25, 0.3) is 0 Å². The predicted molar refractivity (Wildman–Crippen MR) is 120 cm³/mol. The number of nitrogens with one attached hydrogen (secondary N) is 1. The van der Waals surface area contributed by atoms with Gasteiger partial charge in [0.15, 0.2) is 6.10 Å². The molecule has 2 aromatic carbocycles. The van der Waals surface area contributed by atoms with Crippen LogP contribution < -0.4 is 14.4 Å². The van der Waals surface area contributed by atoms with Crippen LogP contribution in [-0.4, -0.2) is 46.0 Å². The van der Waals surface area contributed by atoms with Gasteiger partial charge < -0.3 is 10.1 Å². The molecule has 0 aliphatic rings. The van der Waals surface area contributed by atoms with Crippen molar-refractivity contribution in [1.82, 2.24) is 5.32 Å². The average Bonchev–Trinajstić information content (AvgIpc) is 2.68. The van der Waals surface area contributed by atoms with E-state index < -0.39 is 16.1 Å².